The van der Waals surface area contributed by atoms with Gasteiger partial charge in [-0.1, -0.05) is 39.8 Å². The summed E-state index contributed by atoms with van der Waals surface area (Å²) in [5.74, 6) is 1.75. The first-order valence-corrected chi connectivity index (χ1v) is 7.63. The highest BCUT2D eigenvalue weighted by Gasteiger charge is 2.07. The third-order valence-corrected chi connectivity index (χ3v) is 3.34. The fourth-order valence-electron chi connectivity index (χ4n) is 2.22. The van der Waals surface area contributed by atoms with Crippen LogP contribution in [0, 0.1) is 5.92 Å². The van der Waals surface area contributed by atoms with Crippen LogP contribution in [0.15, 0.2) is 24.3 Å². The molecule has 1 aromatic rings. The van der Waals surface area contributed by atoms with Gasteiger partial charge in [-0.3, -0.25) is 0 Å². The topological polar surface area (TPSA) is 21.3 Å². The maximum Gasteiger partial charge on any atom is 0.119 e. The predicted molar refractivity (Wildman–Crippen MR) is 82.7 cm³/mol. The van der Waals surface area contributed by atoms with Crippen LogP contribution in [0.1, 0.15) is 58.6 Å². The van der Waals surface area contributed by atoms with Crippen LogP contribution >= 0.6 is 0 Å². The molecule has 0 radical (unpaired) electrons. The van der Waals surface area contributed by atoms with E-state index < -0.39 is 0 Å². The number of rotatable bonds is 9. The van der Waals surface area contributed by atoms with Crippen LogP contribution in [0.5, 0.6) is 5.75 Å². The standard InChI is InChI=1S/C17H29NO/c1-5-17(18-6-2)15-9-11-16(12-10-15)19-13-7-8-14(3)4/h9-12,14,17-18H,5-8,13H2,1-4H3. The molecular formula is C17H29NO. The van der Waals surface area contributed by atoms with E-state index in [1.807, 2.05) is 0 Å². The van der Waals surface area contributed by atoms with Crippen molar-refractivity contribution in [3.05, 3.63) is 29.8 Å². The molecule has 2 nitrogen and oxygen atoms in total. The van der Waals surface area contributed by atoms with E-state index in [0.717, 1.165) is 37.7 Å². The number of nitrogens with one attached hydrogen (secondary N) is 1. The average Bonchev–Trinajstić information content (AvgIpc) is 2.41. The highest BCUT2D eigenvalue weighted by Crippen LogP contribution is 2.20. The first kappa shape index (κ1) is 16.0. The van der Waals surface area contributed by atoms with Crippen molar-refractivity contribution in [1.29, 1.82) is 0 Å². The van der Waals surface area contributed by atoms with Gasteiger partial charge in [0.25, 0.3) is 0 Å². The van der Waals surface area contributed by atoms with E-state index in [1.54, 1.807) is 0 Å². The third-order valence-electron chi connectivity index (χ3n) is 3.34. The third kappa shape index (κ3) is 6.11. The van der Waals surface area contributed by atoms with Crippen LogP contribution in [0.2, 0.25) is 0 Å². The van der Waals surface area contributed by atoms with Gasteiger partial charge in [-0.25, -0.2) is 0 Å². The Hall–Kier alpha value is -1.02. The van der Waals surface area contributed by atoms with Gasteiger partial charge in [0.1, 0.15) is 5.75 Å². The van der Waals surface area contributed by atoms with Gasteiger partial charge in [0.05, 0.1) is 6.61 Å². The fourth-order valence-corrected chi connectivity index (χ4v) is 2.22. The van der Waals surface area contributed by atoms with Crippen molar-refractivity contribution >= 4 is 0 Å². The van der Waals surface area contributed by atoms with Crippen LogP contribution in [-0.4, -0.2) is 13.2 Å². The minimum absolute atomic E-state index is 0.458. The van der Waals surface area contributed by atoms with Crippen LogP contribution in [0.25, 0.3) is 0 Å². The normalized spacial score (nSPS) is 12.7. The SMILES string of the molecule is CCNC(CC)c1ccc(OCCCC(C)C)cc1. The summed E-state index contributed by atoms with van der Waals surface area (Å²) in [5, 5.41) is 3.49. The lowest BCUT2D eigenvalue weighted by Crippen LogP contribution is -2.19. The summed E-state index contributed by atoms with van der Waals surface area (Å²) in [4.78, 5) is 0. The first-order chi connectivity index (χ1) is 9.17. The van der Waals surface area contributed by atoms with Crippen molar-refractivity contribution in [3.63, 3.8) is 0 Å². The number of benzene rings is 1. The molecule has 0 aliphatic rings. The zero-order valence-electron chi connectivity index (χ0n) is 12.9. The molecule has 0 bridgehead atoms. The van der Waals surface area contributed by atoms with E-state index in [-0.39, 0.29) is 0 Å². The maximum absolute atomic E-state index is 5.76. The van der Waals surface area contributed by atoms with E-state index in [9.17, 15) is 0 Å². The Morgan fingerprint density at radius 1 is 1.11 bits per heavy atom. The van der Waals surface area contributed by atoms with Gasteiger partial charge in [-0.2, -0.15) is 0 Å². The van der Waals surface area contributed by atoms with Gasteiger partial charge in [-0.15, -0.1) is 0 Å². The zero-order chi connectivity index (χ0) is 14.1. The molecular weight excluding hydrogens is 234 g/mol. The van der Waals surface area contributed by atoms with Crippen LogP contribution < -0.4 is 10.1 Å². The fraction of sp³-hybridized carbons (Fsp3) is 0.647. The molecule has 0 aliphatic heterocycles. The Kier molecular flexibility index (Phi) is 7.57. The lowest BCUT2D eigenvalue weighted by atomic mass is 10.0. The van der Waals surface area contributed by atoms with Gasteiger partial charge in [0.15, 0.2) is 0 Å². The summed E-state index contributed by atoms with van der Waals surface area (Å²) >= 11 is 0. The summed E-state index contributed by atoms with van der Waals surface area (Å²) in [6, 6.07) is 8.98. The molecule has 1 N–H and O–H groups in total. The lowest BCUT2D eigenvalue weighted by molar-refractivity contribution is 0.297. The number of hydrogen-bond donors (Lipinski definition) is 1. The molecule has 1 atom stereocenters. The lowest BCUT2D eigenvalue weighted by Gasteiger charge is -2.16. The summed E-state index contributed by atoms with van der Waals surface area (Å²) in [6.45, 7) is 10.7. The van der Waals surface area contributed by atoms with E-state index in [4.69, 9.17) is 4.74 Å². The molecule has 2 heteroatoms. The molecule has 0 heterocycles. The van der Waals surface area contributed by atoms with E-state index in [1.165, 1.54) is 12.0 Å². The number of ether oxygens (including phenoxy) is 1. The summed E-state index contributed by atoms with van der Waals surface area (Å²) in [7, 11) is 0. The Morgan fingerprint density at radius 3 is 2.32 bits per heavy atom. The molecule has 0 amide bonds. The molecule has 0 spiro atoms. The van der Waals surface area contributed by atoms with E-state index >= 15 is 0 Å². The van der Waals surface area contributed by atoms with E-state index in [2.05, 4.69) is 57.3 Å². The molecule has 0 aromatic heterocycles. The summed E-state index contributed by atoms with van der Waals surface area (Å²) in [5.41, 5.74) is 1.35. The second-order valence-electron chi connectivity index (χ2n) is 5.47. The maximum atomic E-state index is 5.76. The quantitative estimate of drug-likeness (QED) is 0.659. The Labute approximate surface area is 118 Å². The van der Waals surface area contributed by atoms with E-state index in [0.29, 0.717) is 6.04 Å². The molecule has 0 saturated heterocycles. The van der Waals surface area contributed by atoms with Gasteiger partial charge in [0, 0.05) is 6.04 Å². The van der Waals surface area contributed by atoms with Crippen molar-refractivity contribution in [2.75, 3.05) is 13.2 Å². The van der Waals surface area contributed by atoms with Crippen molar-refractivity contribution in [1.82, 2.24) is 5.32 Å². The Bertz CT molecular complexity index is 332. The van der Waals surface area contributed by atoms with Crippen molar-refractivity contribution in [2.24, 2.45) is 5.92 Å². The van der Waals surface area contributed by atoms with Gasteiger partial charge in [-0.05, 0) is 49.4 Å². The van der Waals surface area contributed by atoms with Crippen LogP contribution in [0.4, 0.5) is 0 Å². The second-order valence-corrected chi connectivity index (χ2v) is 5.47. The van der Waals surface area contributed by atoms with Crippen molar-refractivity contribution < 1.29 is 4.74 Å². The molecule has 1 unspecified atom stereocenters. The Balaban J connectivity index is 2.42. The first-order valence-electron chi connectivity index (χ1n) is 7.63. The van der Waals surface area contributed by atoms with Crippen molar-refractivity contribution in [2.45, 2.75) is 53.0 Å². The van der Waals surface area contributed by atoms with Gasteiger partial charge in [0.2, 0.25) is 0 Å². The Morgan fingerprint density at radius 2 is 1.79 bits per heavy atom. The van der Waals surface area contributed by atoms with Gasteiger partial charge < -0.3 is 10.1 Å². The largest absolute Gasteiger partial charge is 0.494 e. The number of hydrogen-bond acceptors (Lipinski definition) is 2. The minimum Gasteiger partial charge on any atom is -0.494 e. The average molecular weight is 263 g/mol. The minimum atomic E-state index is 0.458. The molecule has 1 aromatic carbocycles. The molecule has 0 saturated carbocycles. The monoisotopic (exact) mass is 263 g/mol. The smallest absolute Gasteiger partial charge is 0.119 e. The van der Waals surface area contributed by atoms with Gasteiger partial charge >= 0.3 is 0 Å². The molecule has 108 valence electrons. The molecule has 1 rings (SSSR count). The highest BCUT2D eigenvalue weighted by atomic mass is 16.5. The summed E-state index contributed by atoms with van der Waals surface area (Å²) < 4.78 is 5.76. The predicted octanol–water partition coefficient (Wildman–Crippen LogP) is 4.56. The molecule has 19 heavy (non-hydrogen) atoms. The molecule has 0 fully saturated rings. The second kappa shape index (κ2) is 8.98. The van der Waals surface area contributed by atoms with Crippen LogP contribution in [0.3, 0.4) is 0 Å². The highest BCUT2D eigenvalue weighted by molar-refractivity contribution is 5.29. The van der Waals surface area contributed by atoms with Crippen LogP contribution in [-0.2, 0) is 0 Å². The molecule has 0 aliphatic carbocycles. The summed E-state index contributed by atoms with van der Waals surface area (Å²) in [6.07, 6.45) is 3.48. The van der Waals surface area contributed by atoms with Crippen molar-refractivity contribution in [3.8, 4) is 5.75 Å². The zero-order valence-corrected chi connectivity index (χ0v) is 12.9.